The largest absolute Gasteiger partial charge is 0.498 e. The number of aliphatic imine (C=N–C) groups is 1. The van der Waals surface area contributed by atoms with Crippen LogP contribution >= 0.6 is 0 Å². The van der Waals surface area contributed by atoms with Crippen LogP contribution in [0.5, 0.6) is 0 Å². The van der Waals surface area contributed by atoms with Crippen molar-refractivity contribution >= 4 is 18.8 Å². The van der Waals surface area contributed by atoms with E-state index in [1.807, 2.05) is 44.8 Å². The third-order valence-corrected chi connectivity index (χ3v) is 5.67. The molecule has 1 saturated carbocycles. The Morgan fingerprint density at radius 1 is 1.38 bits per heavy atom. The van der Waals surface area contributed by atoms with E-state index in [0.717, 1.165) is 18.3 Å². The molecule has 0 N–H and O–H groups in total. The van der Waals surface area contributed by atoms with Crippen LogP contribution in [0.2, 0.25) is 0 Å². The van der Waals surface area contributed by atoms with E-state index in [-0.39, 0.29) is 16.7 Å². The number of rotatable bonds is 4. The van der Waals surface area contributed by atoms with Gasteiger partial charge in [-0.15, -0.1) is 0 Å². The van der Waals surface area contributed by atoms with E-state index in [9.17, 15) is 5.26 Å². The third-order valence-electron chi connectivity index (χ3n) is 5.67. The molecule has 2 fully saturated rings. The van der Waals surface area contributed by atoms with Gasteiger partial charge in [0.25, 0.3) is 0 Å². The minimum atomic E-state index is -0.420. The average molecular weight is 328 g/mol. The lowest BCUT2D eigenvalue weighted by atomic mass is 9.67. The number of hydrogen-bond acceptors (Lipinski definition) is 5. The van der Waals surface area contributed by atoms with Gasteiger partial charge in [0.05, 0.1) is 29.2 Å². The Bertz CT molecular complexity index is 667. The predicted octanol–water partition coefficient (Wildman–Crippen LogP) is 1.90. The van der Waals surface area contributed by atoms with Crippen molar-refractivity contribution < 1.29 is 9.31 Å². The number of nitrogens with zero attached hydrogens (tertiary/aromatic N) is 4. The smallest absolute Gasteiger partial charge is 0.399 e. The molecule has 0 radical (unpaired) electrons. The molecule has 128 valence electrons. The molecule has 0 unspecified atom stereocenters. The Labute approximate surface area is 144 Å². The van der Waals surface area contributed by atoms with Crippen molar-refractivity contribution in [2.45, 2.75) is 63.7 Å². The van der Waals surface area contributed by atoms with Crippen LogP contribution < -0.4 is 5.46 Å². The molecule has 0 aromatic carbocycles. The molecule has 1 aliphatic carbocycles. The first kappa shape index (κ1) is 17.2. The van der Waals surface area contributed by atoms with Gasteiger partial charge in [-0.2, -0.15) is 10.4 Å². The maximum atomic E-state index is 9.23. The van der Waals surface area contributed by atoms with Gasteiger partial charge >= 0.3 is 7.12 Å². The first-order valence-electron chi connectivity index (χ1n) is 8.43. The summed E-state index contributed by atoms with van der Waals surface area (Å²) in [5, 5.41) is 13.8. The van der Waals surface area contributed by atoms with Gasteiger partial charge in [-0.25, -0.2) is 0 Å². The highest BCUT2D eigenvalue weighted by atomic mass is 16.7. The van der Waals surface area contributed by atoms with E-state index in [4.69, 9.17) is 9.31 Å². The van der Waals surface area contributed by atoms with E-state index in [2.05, 4.69) is 16.2 Å². The second-order valence-electron chi connectivity index (χ2n) is 7.94. The zero-order valence-corrected chi connectivity index (χ0v) is 15.1. The highest BCUT2D eigenvalue weighted by Gasteiger charge is 2.53. The maximum absolute atomic E-state index is 9.23. The Hall–Kier alpha value is -1.65. The number of hydrogen-bond donors (Lipinski definition) is 0. The molecule has 0 bridgehead atoms. The molecule has 1 saturated heterocycles. The van der Waals surface area contributed by atoms with Crippen molar-refractivity contribution in [1.82, 2.24) is 9.78 Å². The lowest BCUT2D eigenvalue weighted by Gasteiger charge is -2.45. The molecule has 0 amide bonds. The summed E-state index contributed by atoms with van der Waals surface area (Å²) >= 11 is 0. The Morgan fingerprint density at radius 2 is 2.00 bits per heavy atom. The van der Waals surface area contributed by atoms with Crippen molar-refractivity contribution in [1.29, 1.82) is 5.26 Å². The van der Waals surface area contributed by atoms with Crippen LogP contribution in [-0.4, -0.2) is 41.4 Å². The first-order chi connectivity index (χ1) is 11.2. The van der Waals surface area contributed by atoms with Crippen molar-refractivity contribution in [2.75, 3.05) is 7.05 Å². The monoisotopic (exact) mass is 328 g/mol. The molecule has 1 aromatic rings. The topological polar surface area (TPSA) is 72.4 Å². The predicted molar refractivity (Wildman–Crippen MR) is 93.3 cm³/mol. The minimum absolute atomic E-state index is 0.234. The van der Waals surface area contributed by atoms with Gasteiger partial charge in [0, 0.05) is 31.1 Å². The fraction of sp³-hybridized carbons (Fsp3) is 0.706. The lowest BCUT2D eigenvalue weighted by Crippen LogP contribution is -2.47. The minimum Gasteiger partial charge on any atom is -0.399 e. The van der Waals surface area contributed by atoms with Gasteiger partial charge in [0.2, 0.25) is 0 Å². The second kappa shape index (κ2) is 5.71. The second-order valence-corrected chi connectivity index (χ2v) is 7.94. The first-order valence-corrected chi connectivity index (χ1v) is 8.43. The zero-order chi connectivity index (χ0) is 17.6. The summed E-state index contributed by atoms with van der Waals surface area (Å²) in [5.41, 5.74) is -0.0757. The fourth-order valence-corrected chi connectivity index (χ4v) is 3.49. The van der Waals surface area contributed by atoms with E-state index in [0.29, 0.717) is 12.3 Å². The molecule has 24 heavy (non-hydrogen) atoms. The molecule has 2 heterocycles. The molecular weight excluding hydrogens is 303 g/mol. The van der Waals surface area contributed by atoms with E-state index in [1.165, 1.54) is 0 Å². The Kier molecular flexibility index (Phi) is 4.09. The zero-order valence-electron chi connectivity index (χ0n) is 15.1. The van der Waals surface area contributed by atoms with Gasteiger partial charge in [-0.3, -0.25) is 4.68 Å². The summed E-state index contributed by atoms with van der Waals surface area (Å²) in [6, 6.07) is 2.31. The summed E-state index contributed by atoms with van der Waals surface area (Å²) < 4.78 is 14.1. The molecule has 1 aromatic heterocycles. The van der Waals surface area contributed by atoms with Crippen LogP contribution in [0.3, 0.4) is 0 Å². The summed E-state index contributed by atoms with van der Waals surface area (Å²) in [4.78, 5) is 4.10. The van der Waals surface area contributed by atoms with Crippen molar-refractivity contribution in [3.8, 4) is 6.07 Å². The molecule has 1 aliphatic heterocycles. The number of nitriles is 1. The maximum Gasteiger partial charge on any atom is 0.498 e. The summed E-state index contributed by atoms with van der Waals surface area (Å²) in [7, 11) is 1.37. The quantitative estimate of drug-likeness (QED) is 0.625. The molecule has 6 nitrogen and oxygen atoms in total. The van der Waals surface area contributed by atoms with Gasteiger partial charge in [0.1, 0.15) is 0 Å². The van der Waals surface area contributed by atoms with Gasteiger partial charge in [-0.05, 0) is 46.5 Å². The molecular formula is C17H25BN4O2. The molecule has 2 aliphatic rings. The van der Waals surface area contributed by atoms with Crippen LogP contribution in [0.4, 0.5) is 0 Å². The standard InChI is InChI=1S/C17H25BN4O2/c1-15(2)16(3,4)24-18(23-15)14-11-21-22(12-14)17(6-7-19)8-13(9-17)10-20-5/h10-13H,6,8-9H2,1-5H3/t13-,17-. The van der Waals surface area contributed by atoms with Gasteiger partial charge in [-0.1, -0.05) is 0 Å². The Balaban J connectivity index is 1.80. The van der Waals surface area contributed by atoms with E-state index in [1.54, 1.807) is 13.2 Å². The molecule has 3 rings (SSSR count). The van der Waals surface area contributed by atoms with Crippen LogP contribution in [0.1, 0.15) is 47.0 Å². The summed E-state index contributed by atoms with van der Waals surface area (Å²) in [6.07, 6.45) is 7.96. The average Bonchev–Trinajstić information content (AvgIpc) is 3.00. The lowest BCUT2D eigenvalue weighted by molar-refractivity contribution is 0.00578. The van der Waals surface area contributed by atoms with Gasteiger partial charge in [0.15, 0.2) is 0 Å². The van der Waals surface area contributed by atoms with Crippen LogP contribution in [0.25, 0.3) is 0 Å². The summed E-state index contributed by atoms with van der Waals surface area (Å²) in [6.45, 7) is 8.15. The van der Waals surface area contributed by atoms with Crippen LogP contribution in [0, 0.1) is 17.2 Å². The molecule has 0 spiro atoms. The highest BCUT2D eigenvalue weighted by molar-refractivity contribution is 6.62. The van der Waals surface area contributed by atoms with Crippen molar-refractivity contribution in [3.63, 3.8) is 0 Å². The Morgan fingerprint density at radius 3 is 2.54 bits per heavy atom. The molecule has 7 heteroatoms. The molecule has 0 atom stereocenters. The fourth-order valence-electron chi connectivity index (χ4n) is 3.49. The van der Waals surface area contributed by atoms with Crippen molar-refractivity contribution in [2.24, 2.45) is 10.9 Å². The van der Waals surface area contributed by atoms with Crippen LogP contribution in [-0.2, 0) is 14.8 Å². The SMILES string of the molecule is CN=C[C@H]1C[C@](CC#N)(n2cc(B3OC(C)(C)C(C)(C)O3)cn2)C1. The highest BCUT2D eigenvalue weighted by Crippen LogP contribution is 2.45. The van der Waals surface area contributed by atoms with E-state index < -0.39 is 7.12 Å². The van der Waals surface area contributed by atoms with E-state index >= 15 is 0 Å². The van der Waals surface area contributed by atoms with Gasteiger partial charge < -0.3 is 14.3 Å². The number of aromatic nitrogens is 2. The summed E-state index contributed by atoms with van der Waals surface area (Å²) in [5.74, 6) is 0.424. The normalized spacial score (nSPS) is 31.2. The third kappa shape index (κ3) is 2.68. The van der Waals surface area contributed by atoms with Crippen LogP contribution in [0.15, 0.2) is 17.4 Å². The van der Waals surface area contributed by atoms with Crippen molar-refractivity contribution in [3.05, 3.63) is 12.4 Å².